The molecule has 0 amide bonds. The lowest BCUT2D eigenvalue weighted by Gasteiger charge is -2.32. The zero-order chi connectivity index (χ0) is 10.3. The van der Waals surface area contributed by atoms with Crippen LogP contribution in [0.15, 0.2) is 0 Å². The van der Waals surface area contributed by atoms with Gasteiger partial charge in [-0.2, -0.15) is 0 Å². The van der Waals surface area contributed by atoms with Gasteiger partial charge in [0.2, 0.25) is 0 Å². The number of aliphatic carboxylic acids is 1. The van der Waals surface area contributed by atoms with Crippen LogP contribution in [0, 0.1) is 0 Å². The van der Waals surface area contributed by atoms with Crippen LogP contribution in [0.4, 0.5) is 0 Å². The van der Waals surface area contributed by atoms with Crippen molar-refractivity contribution in [1.82, 2.24) is 5.32 Å². The molecular weight excluding hydrogens is 166 g/mol. The highest BCUT2D eigenvalue weighted by Gasteiger charge is 2.28. The average Bonchev–Trinajstić information content (AvgIpc) is 2.04. The molecule has 2 N–H and O–H groups in total. The van der Waals surface area contributed by atoms with Crippen LogP contribution in [0.2, 0.25) is 0 Å². The van der Waals surface area contributed by atoms with Gasteiger partial charge in [-0.05, 0) is 19.4 Å². The Morgan fingerprint density at radius 1 is 1.38 bits per heavy atom. The molecule has 1 atom stereocenters. The first-order chi connectivity index (χ1) is 6.10. The van der Waals surface area contributed by atoms with Crippen molar-refractivity contribution < 1.29 is 9.90 Å². The summed E-state index contributed by atoms with van der Waals surface area (Å²) in [5.41, 5.74) is -0.185. The van der Waals surface area contributed by atoms with Crippen molar-refractivity contribution in [3.63, 3.8) is 0 Å². The number of hydrogen-bond acceptors (Lipinski definition) is 2. The number of hydrogen-bond donors (Lipinski definition) is 2. The van der Waals surface area contributed by atoms with E-state index in [4.69, 9.17) is 5.11 Å². The van der Waals surface area contributed by atoms with Gasteiger partial charge < -0.3 is 10.4 Å². The molecule has 78 valence electrons. The molecule has 0 spiro atoms. The second-order valence-electron chi connectivity index (χ2n) is 3.48. The van der Waals surface area contributed by atoms with E-state index >= 15 is 0 Å². The lowest BCUT2D eigenvalue weighted by Crippen LogP contribution is -2.46. The van der Waals surface area contributed by atoms with Crippen molar-refractivity contribution >= 4 is 5.97 Å². The number of carboxylic acids is 1. The highest BCUT2D eigenvalue weighted by molar-refractivity contribution is 5.68. The number of carboxylic acid groups (broad SMARTS) is 1. The van der Waals surface area contributed by atoms with Gasteiger partial charge in [0.05, 0.1) is 6.42 Å². The van der Waals surface area contributed by atoms with Gasteiger partial charge in [0, 0.05) is 5.54 Å². The zero-order valence-electron chi connectivity index (χ0n) is 8.89. The highest BCUT2D eigenvalue weighted by Crippen LogP contribution is 2.21. The quantitative estimate of drug-likeness (QED) is 0.641. The third kappa shape index (κ3) is 4.27. The number of carbonyl (C=O) groups is 1. The molecule has 0 aliphatic rings. The van der Waals surface area contributed by atoms with E-state index < -0.39 is 5.97 Å². The van der Waals surface area contributed by atoms with E-state index in [0.717, 1.165) is 25.8 Å². The van der Waals surface area contributed by atoms with Crippen molar-refractivity contribution in [3.05, 3.63) is 0 Å². The van der Waals surface area contributed by atoms with Crippen molar-refractivity contribution in [1.29, 1.82) is 0 Å². The molecular formula is C10H21NO2. The first kappa shape index (κ1) is 12.4. The molecule has 0 fully saturated rings. The largest absolute Gasteiger partial charge is 0.481 e. The molecule has 0 aromatic rings. The summed E-state index contributed by atoms with van der Waals surface area (Å²) < 4.78 is 0. The minimum atomic E-state index is -0.712. The Labute approximate surface area is 80.5 Å². The van der Waals surface area contributed by atoms with E-state index in [1.54, 1.807) is 0 Å². The Balaban J connectivity index is 4.33. The zero-order valence-corrected chi connectivity index (χ0v) is 8.89. The Morgan fingerprint density at radius 3 is 2.31 bits per heavy atom. The normalized spacial score (nSPS) is 15.3. The van der Waals surface area contributed by atoms with Crippen LogP contribution in [0.5, 0.6) is 0 Å². The first-order valence-corrected chi connectivity index (χ1v) is 5.07. The van der Waals surface area contributed by atoms with E-state index in [2.05, 4.69) is 12.2 Å². The predicted octanol–water partition coefficient (Wildman–Crippen LogP) is 2.02. The van der Waals surface area contributed by atoms with Crippen LogP contribution >= 0.6 is 0 Å². The molecule has 1 unspecified atom stereocenters. The summed E-state index contributed by atoms with van der Waals surface area (Å²) in [6.07, 6.45) is 3.06. The van der Waals surface area contributed by atoms with Gasteiger partial charge >= 0.3 is 5.97 Å². The summed E-state index contributed by atoms with van der Waals surface area (Å²) in [6.45, 7) is 6.98. The Kier molecular flexibility index (Phi) is 5.71. The molecule has 0 aromatic carbocycles. The fourth-order valence-electron chi connectivity index (χ4n) is 1.81. The van der Waals surface area contributed by atoms with Gasteiger partial charge in [-0.15, -0.1) is 0 Å². The molecule has 0 saturated carbocycles. The van der Waals surface area contributed by atoms with Crippen LogP contribution < -0.4 is 5.32 Å². The highest BCUT2D eigenvalue weighted by atomic mass is 16.4. The third-order valence-corrected chi connectivity index (χ3v) is 2.45. The van der Waals surface area contributed by atoms with Crippen LogP contribution in [0.1, 0.15) is 46.5 Å². The standard InChI is InChI=1S/C10H21NO2/c1-4-7-10(5-2,11-6-3)8-9(12)13/h11H,4-8H2,1-3H3,(H,12,13). The number of rotatable bonds is 7. The maximum absolute atomic E-state index is 10.7. The molecule has 0 aromatic heterocycles. The van der Waals surface area contributed by atoms with E-state index in [-0.39, 0.29) is 12.0 Å². The van der Waals surface area contributed by atoms with Gasteiger partial charge in [-0.1, -0.05) is 27.2 Å². The van der Waals surface area contributed by atoms with Crippen LogP contribution in [-0.4, -0.2) is 23.2 Å². The topological polar surface area (TPSA) is 49.3 Å². The third-order valence-electron chi connectivity index (χ3n) is 2.45. The molecule has 13 heavy (non-hydrogen) atoms. The number of nitrogens with one attached hydrogen (secondary N) is 1. The Morgan fingerprint density at radius 2 is 2.00 bits per heavy atom. The fourth-order valence-corrected chi connectivity index (χ4v) is 1.81. The Bertz CT molecular complexity index is 151. The molecule has 0 radical (unpaired) electrons. The SMILES string of the molecule is CCCC(CC)(CC(=O)O)NCC. The van der Waals surface area contributed by atoms with Crippen molar-refractivity contribution in [2.24, 2.45) is 0 Å². The summed E-state index contributed by atoms with van der Waals surface area (Å²) in [5.74, 6) is -0.712. The lowest BCUT2D eigenvalue weighted by molar-refractivity contribution is -0.138. The molecule has 0 rings (SSSR count). The van der Waals surface area contributed by atoms with Gasteiger partial charge in [0.1, 0.15) is 0 Å². The van der Waals surface area contributed by atoms with Crippen LogP contribution in [0.3, 0.4) is 0 Å². The van der Waals surface area contributed by atoms with E-state index in [9.17, 15) is 4.79 Å². The fraction of sp³-hybridized carbons (Fsp3) is 0.900. The predicted molar refractivity (Wildman–Crippen MR) is 53.9 cm³/mol. The molecule has 0 aliphatic carbocycles. The monoisotopic (exact) mass is 187 g/mol. The summed E-state index contributed by atoms with van der Waals surface area (Å²) in [7, 11) is 0. The second-order valence-corrected chi connectivity index (χ2v) is 3.48. The first-order valence-electron chi connectivity index (χ1n) is 5.07. The van der Waals surface area contributed by atoms with E-state index in [1.807, 2.05) is 13.8 Å². The lowest BCUT2D eigenvalue weighted by atomic mass is 9.87. The molecule has 3 heteroatoms. The summed E-state index contributed by atoms with van der Waals surface area (Å²) in [4.78, 5) is 10.7. The summed E-state index contributed by atoms with van der Waals surface area (Å²) >= 11 is 0. The van der Waals surface area contributed by atoms with Crippen molar-refractivity contribution in [2.45, 2.75) is 52.0 Å². The maximum Gasteiger partial charge on any atom is 0.305 e. The smallest absolute Gasteiger partial charge is 0.305 e. The van der Waals surface area contributed by atoms with Gasteiger partial charge in [0.25, 0.3) is 0 Å². The summed E-state index contributed by atoms with van der Waals surface area (Å²) in [6, 6.07) is 0. The maximum atomic E-state index is 10.7. The molecule has 0 bridgehead atoms. The van der Waals surface area contributed by atoms with E-state index in [1.165, 1.54) is 0 Å². The Hall–Kier alpha value is -0.570. The second kappa shape index (κ2) is 5.97. The molecule has 0 heterocycles. The molecule has 0 saturated heterocycles. The minimum Gasteiger partial charge on any atom is -0.481 e. The minimum absolute atomic E-state index is 0.185. The van der Waals surface area contributed by atoms with Crippen LogP contribution in [-0.2, 0) is 4.79 Å². The van der Waals surface area contributed by atoms with Crippen molar-refractivity contribution in [3.8, 4) is 0 Å². The van der Waals surface area contributed by atoms with Crippen molar-refractivity contribution in [2.75, 3.05) is 6.54 Å². The van der Waals surface area contributed by atoms with Gasteiger partial charge in [0.15, 0.2) is 0 Å². The van der Waals surface area contributed by atoms with Crippen LogP contribution in [0.25, 0.3) is 0 Å². The van der Waals surface area contributed by atoms with Gasteiger partial charge in [-0.3, -0.25) is 4.79 Å². The average molecular weight is 187 g/mol. The molecule has 3 nitrogen and oxygen atoms in total. The summed E-state index contributed by atoms with van der Waals surface area (Å²) in [5, 5.41) is 12.1. The van der Waals surface area contributed by atoms with E-state index in [0.29, 0.717) is 0 Å². The molecule has 0 aliphatic heterocycles. The van der Waals surface area contributed by atoms with Gasteiger partial charge in [-0.25, -0.2) is 0 Å².